The van der Waals surface area contributed by atoms with Gasteiger partial charge in [-0.1, -0.05) is 30.0 Å². The summed E-state index contributed by atoms with van der Waals surface area (Å²) in [4.78, 5) is 17.8. The van der Waals surface area contributed by atoms with Crippen molar-refractivity contribution < 1.29 is 19.0 Å². The molecule has 0 aliphatic carbocycles. The zero-order valence-electron chi connectivity index (χ0n) is 18.9. The molecule has 10 heteroatoms. The fraction of sp³-hybridized carbons (Fsp3) is 0.208. The maximum absolute atomic E-state index is 13.0. The molecular formula is C24H23N5O4S. The highest BCUT2D eigenvalue weighted by atomic mass is 32.2. The highest BCUT2D eigenvalue weighted by molar-refractivity contribution is 7.99. The van der Waals surface area contributed by atoms with Gasteiger partial charge >= 0.3 is 0 Å². The Morgan fingerprint density at radius 3 is 2.53 bits per heavy atom. The van der Waals surface area contributed by atoms with Crippen molar-refractivity contribution in [2.45, 2.75) is 11.7 Å². The number of methoxy groups -OCH3 is 3. The molecule has 0 saturated carbocycles. The van der Waals surface area contributed by atoms with Gasteiger partial charge in [-0.3, -0.25) is 9.89 Å². The minimum atomic E-state index is -0.306. The Bertz CT molecular complexity index is 1320. The molecule has 2 aromatic heterocycles. The second-order valence-corrected chi connectivity index (χ2v) is 8.59. The first-order chi connectivity index (χ1) is 16.6. The van der Waals surface area contributed by atoms with E-state index in [1.807, 2.05) is 30.5 Å². The number of benzene rings is 2. The van der Waals surface area contributed by atoms with E-state index in [2.05, 4.69) is 20.1 Å². The third kappa shape index (κ3) is 3.96. The van der Waals surface area contributed by atoms with Crippen molar-refractivity contribution in [3.05, 3.63) is 54.4 Å². The van der Waals surface area contributed by atoms with E-state index in [9.17, 15) is 4.79 Å². The molecule has 9 nitrogen and oxygen atoms in total. The van der Waals surface area contributed by atoms with Gasteiger partial charge in [0.2, 0.25) is 5.75 Å². The van der Waals surface area contributed by atoms with E-state index in [1.165, 1.54) is 0 Å². The van der Waals surface area contributed by atoms with E-state index >= 15 is 0 Å². The van der Waals surface area contributed by atoms with Gasteiger partial charge in [0.15, 0.2) is 16.7 Å². The Morgan fingerprint density at radius 1 is 1.06 bits per heavy atom. The number of rotatable bonds is 7. The number of carbonyl (C=O) groups is 1. The quantitative estimate of drug-likeness (QED) is 0.408. The van der Waals surface area contributed by atoms with Crippen LogP contribution in [0.3, 0.4) is 0 Å². The van der Waals surface area contributed by atoms with Crippen molar-refractivity contribution >= 4 is 23.4 Å². The van der Waals surface area contributed by atoms with E-state index in [0.717, 1.165) is 34.3 Å². The number of hydrogen-bond acceptors (Lipinski definition) is 7. The van der Waals surface area contributed by atoms with Crippen molar-refractivity contribution in [2.75, 3.05) is 32.4 Å². The maximum atomic E-state index is 13.0. The van der Waals surface area contributed by atoms with Gasteiger partial charge in [0.25, 0.3) is 5.91 Å². The lowest BCUT2D eigenvalue weighted by molar-refractivity contribution is 0.102. The zero-order valence-corrected chi connectivity index (χ0v) is 19.7. The van der Waals surface area contributed by atoms with Crippen LogP contribution >= 0.6 is 11.8 Å². The number of H-pyrrole nitrogens is 1. The number of fused-ring (bicyclic) bond motifs is 1. The van der Waals surface area contributed by atoms with Crippen LogP contribution in [0.15, 0.2) is 53.8 Å². The Balaban J connectivity index is 1.41. The average Bonchev–Trinajstić information content (AvgIpc) is 3.60. The second kappa shape index (κ2) is 9.14. The fourth-order valence-corrected chi connectivity index (χ4v) is 4.80. The summed E-state index contributed by atoms with van der Waals surface area (Å²) in [7, 11) is 4.65. The summed E-state index contributed by atoms with van der Waals surface area (Å²) >= 11 is 1.73. The Kier molecular flexibility index (Phi) is 5.89. The molecule has 4 aromatic rings. The lowest BCUT2D eigenvalue weighted by Crippen LogP contribution is -2.13. The molecule has 1 aliphatic rings. The maximum Gasteiger partial charge on any atom is 0.273 e. The molecule has 3 heterocycles. The van der Waals surface area contributed by atoms with E-state index < -0.39 is 0 Å². The zero-order chi connectivity index (χ0) is 23.7. The summed E-state index contributed by atoms with van der Waals surface area (Å²) in [5.74, 6) is 2.23. The molecule has 0 radical (unpaired) electrons. The molecule has 34 heavy (non-hydrogen) atoms. The van der Waals surface area contributed by atoms with Crippen LogP contribution in [0.5, 0.6) is 17.2 Å². The van der Waals surface area contributed by atoms with Crippen molar-refractivity contribution in [1.82, 2.24) is 19.7 Å². The largest absolute Gasteiger partial charge is 0.493 e. The number of imidazole rings is 1. The van der Waals surface area contributed by atoms with Gasteiger partial charge in [-0.2, -0.15) is 5.10 Å². The van der Waals surface area contributed by atoms with Crippen LogP contribution in [0.2, 0.25) is 0 Å². The van der Waals surface area contributed by atoms with Crippen LogP contribution in [-0.4, -0.2) is 52.7 Å². The number of nitrogens with one attached hydrogen (secondary N) is 2. The van der Waals surface area contributed by atoms with Crippen LogP contribution in [0.1, 0.15) is 10.5 Å². The molecule has 0 fully saturated rings. The number of ether oxygens (including phenoxy) is 3. The number of amides is 1. The van der Waals surface area contributed by atoms with Gasteiger partial charge in [-0.05, 0) is 24.3 Å². The summed E-state index contributed by atoms with van der Waals surface area (Å²) in [5, 5.41) is 11.1. The number of aryl methyl sites for hydroxylation is 1. The SMILES string of the molecule is COc1cc(-c2cc(C(=O)Nc3ccccc3-c3cn4c(n3)SCC4)[nH]n2)cc(OC)c1OC. The summed E-state index contributed by atoms with van der Waals surface area (Å²) in [6, 6.07) is 12.9. The first kappa shape index (κ1) is 21.9. The van der Waals surface area contributed by atoms with E-state index in [4.69, 9.17) is 19.2 Å². The molecular weight excluding hydrogens is 454 g/mol. The molecule has 0 unspecified atom stereocenters. The molecule has 0 bridgehead atoms. The monoisotopic (exact) mass is 477 g/mol. The predicted octanol–water partition coefficient (Wildman–Crippen LogP) is 4.32. The minimum absolute atomic E-state index is 0.306. The number of aromatic nitrogens is 4. The number of anilines is 1. The Morgan fingerprint density at radius 2 is 1.82 bits per heavy atom. The van der Waals surface area contributed by atoms with Crippen LogP contribution in [0, 0.1) is 0 Å². The first-order valence-electron chi connectivity index (χ1n) is 10.6. The van der Waals surface area contributed by atoms with Gasteiger partial charge in [0.05, 0.1) is 38.4 Å². The lowest BCUT2D eigenvalue weighted by Gasteiger charge is -2.13. The van der Waals surface area contributed by atoms with E-state index in [1.54, 1.807) is 51.3 Å². The summed E-state index contributed by atoms with van der Waals surface area (Å²) in [5.41, 5.74) is 3.98. The van der Waals surface area contributed by atoms with Gasteiger partial charge in [0.1, 0.15) is 5.69 Å². The third-order valence-electron chi connectivity index (χ3n) is 5.54. The third-order valence-corrected chi connectivity index (χ3v) is 6.51. The molecule has 2 aromatic carbocycles. The van der Waals surface area contributed by atoms with Crippen molar-refractivity contribution in [2.24, 2.45) is 0 Å². The first-order valence-corrected chi connectivity index (χ1v) is 11.6. The average molecular weight is 478 g/mol. The van der Waals surface area contributed by atoms with Gasteiger partial charge in [-0.25, -0.2) is 4.98 Å². The number of para-hydroxylation sites is 1. The smallest absolute Gasteiger partial charge is 0.273 e. The topological polar surface area (TPSA) is 103 Å². The fourth-order valence-electron chi connectivity index (χ4n) is 3.86. The highest BCUT2D eigenvalue weighted by Crippen LogP contribution is 2.41. The number of carbonyl (C=O) groups excluding carboxylic acids is 1. The van der Waals surface area contributed by atoms with Crippen LogP contribution < -0.4 is 19.5 Å². The number of aromatic amines is 1. The summed E-state index contributed by atoms with van der Waals surface area (Å²) in [6.07, 6.45) is 2.03. The van der Waals surface area contributed by atoms with Gasteiger partial charge in [0, 0.05) is 29.6 Å². The molecule has 1 aliphatic heterocycles. The normalized spacial score (nSPS) is 12.3. The summed E-state index contributed by atoms with van der Waals surface area (Å²) in [6.45, 7) is 0.944. The Hall–Kier alpha value is -3.92. The molecule has 2 N–H and O–H groups in total. The standard InChI is InChI=1S/C24H23N5O4S/c1-31-20-10-14(11-21(32-2)22(20)33-3)17-12-18(28-27-17)23(30)25-16-7-5-4-6-15(16)19-13-29-8-9-34-24(29)26-19/h4-7,10-13H,8-9H2,1-3H3,(H,25,30)(H,27,28). The van der Waals surface area contributed by atoms with Gasteiger partial charge in [-0.15, -0.1) is 0 Å². The predicted molar refractivity (Wildman–Crippen MR) is 130 cm³/mol. The summed E-state index contributed by atoms with van der Waals surface area (Å²) < 4.78 is 18.4. The molecule has 1 amide bonds. The van der Waals surface area contributed by atoms with Crippen molar-refractivity contribution in [1.29, 1.82) is 0 Å². The van der Waals surface area contributed by atoms with Crippen LogP contribution in [0.4, 0.5) is 5.69 Å². The van der Waals surface area contributed by atoms with Crippen molar-refractivity contribution in [3.63, 3.8) is 0 Å². The lowest BCUT2D eigenvalue weighted by atomic mass is 10.1. The van der Waals surface area contributed by atoms with Gasteiger partial charge < -0.3 is 24.1 Å². The number of hydrogen-bond donors (Lipinski definition) is 2. The molecule has 0 spiro atoms. The number of nitrogens with zero attached hydrogens (tertiary/aromatic N) is 3. The van der Waals surface area contributed by atoms with Crippen LogP contribution in [0.25, 0.3) is 22.5 Å². The molecule has 0 saturated heterocycles. The van der Waals surface area contributed by atoms with Crippen LogP contribution in [-0.2, 0) is 6.54 Å². The number of thioether (sulfide) groups is 1. The molecule has 174 valence electrons. The Labute approximate surface area is 200 Å². The van der Waals surface area contributed by atoms with Crippen molar-refractivity contribution in [3.8, 4) is 39.8 Å². The van der Waals surface area contributed by atoms with E-state index in [-0.39, 0.29) is 5.91 Å². The second-order valence-electron chi connectivity index (χ2n) is 7.53. The van der Waals surface area contributed by atoms with E-state index in [0.29, 0.717) is 34.3 Å². The molecule has 5 rings (SSSR count). The highest BCUT2D eigenvalue weighted by Gasteiger charge is 2.20. The minimum Gasteiger partial charge on any atom is -0.493 e. The molecule has 0 atom stereocenters.